The first kappa shape index (κ1) is 8.84. The van der Waals surface area contributed by atoms with Crippen molar-refractivity contribution in [1.29, 1.82) is 0 Å². The van der Waals surface area contributed by atoms with Gasteiger partial charge in [0.05, 0.1) is 0 Å². The van der Waals surface area contributed by atoms with Gasteiger partial charge in [0.2, 0.25) is 0 Å². The summed E-state index contributed by atoms with van der Waals surface area (Å²) in [4.78, 5) is 16.2. The predicted molar refractivity (Wildman–Crippen MR) is 15.4 cm³/mol. The van der Waals surface area contributed by atoms with E-state index in [1.54, 1.807) is 0 Å². The fourth-order valence-corrected chi connectivity index (χ4v) is 0. The SMILES string of the molecule is O=[NH+][O-].O=[NH+][O-]. The van der Waals surface area contributed by atoms with Gasteiger partial charge in [0.1, 0.15) is 0 Å². The topological polar surface area (TPSA) is 108 Å². The van der Waals surface area contributed by atoms with E-state index < -0.39 is 0 Å². The number of hydrogen-bond donors (Lipinski definition) is 2. The van der Waals surface area contributed by atoms with Gasteiger partial charge in [-0.05, 0) is 0 Å². The zero-order valence-electron chi connectivity index (χ0n) is 2.63. The van der Waals surface area contributed by atoms with E-state index >= 15 is 0 Å². The third-order valence-corrected chi connectivity index (χ3v) is 0. The molecule has 0 aromatic carbocycles. The normalized spacial score (nSPS) is 4.00. The Morgan fingerprint density at radius 3 is 1.00 bits per heavy atom. The average molecular weight is 94.0 g/mol. The van der Waals surface area contributed by atoms with Crippen LogP contribution >= 0.6 is 0 Å². The maximum absolute atomic E-state index is 8.12. The highest BCUT2D eigenvalue weighted by atomic mass is 16.6. The van der Waals surface area contributed by atoms with Crippen molar-refractivity contribution in [2.24, 2.45) is 0 Å². The fraction of sp³-hybridized carbons (Fsp3) is 0. The lowest BCUT2D eigenvalue weighted by Crippen LogP contribution is -2.53. The van der Waals surface area contributed by atoms with Gasteiger partial charge in [0, 0.05) is 10.7 Å². The quantitative estimate of drug-likeness (QED) is 0.241. The van der Waals surface area contributed by atoms with Gasteiger partial charge in [0.25, 0.3) is 0 Å². The summed E-state index contributed by atoms with van der Waals surface area (Å²) in [7, 11) is 0. The molecule has 0 aliphatic heterocycles. The van der Waals surface area contributed by atoms with Gasteiger partial charge in [-0.2, -0.15) is 0 Å². The van der Waals surface area contributed by atoms with Crippen LogP contribution in [-0.2, 0) is 0 Å². The molecule has 6 heavy (non-hydrogen) atoms. The first-order chi connectivity index (χ1) is 2.83. The Bertz CT molecular complexity index is 26.5. The van der Waals surface area contributed by atoms with E-state index in [4.69, 9.17) is 20.2 Å². The van der Waals surface area contributed by atoms with Gasteiger partial charge >= 0.3 is 0 Å². The molecule has 0 spiro atoms. The first-order valence-electron chi connectivity index (χ1n) is 0.816. The van der Waals surface area contributed by atoms with Crippen molar-refractivity contribution in [3.05, 3.63) is 20.2 Å². The second-order valence-electron chi connectivity index (χ2n) is 0.167. The highest BCUT2D eigenvalue weighted by Crippen LogP contribution is 0.621. The minimum Gasteiger partial charge on any atom is -0.267 e. The molecule has 2 N–H and O–H groups in total. The molecule has 6 heteroatoms. The van der Waals surface area contributed by atoms with Crippen LogP contribution in [0.5, 0.6) is 0 Å². The molecule has 36 valence electrons. The van der Waals surface area contributed by atoms with Gasteiger partial charge in [-0.15, -0.1) is 0 Å². The van der Waals surface area contributed by atoms with Crippen molar-refractivity contribution < 1.29 is 10.7 Å². The van der Waals surface area contributed by atoms with Crippen LogP contribution in [0, 0.1) is 20.2 Å². The van der Waals surface area contributed by atoms with E-state index in [1.807, 2.05) is 0 Å². The maximum Gasteiger partial charge on any atom is 0.00366 e. The van der Waals surface area contributed by atoms with E-state index in [0.717, 1.165) is 0 Å². The van der Waals surface area contributed by atoms with Crippen LogP contribution in [0.15, 0.2) is 0 Å². The van der Waals surface area contributed by atoms with Gasteiger partial charge in [0.15, 0.2) is 0 Å². The van der Waals surface area contributed by atoms with E-state index in [9.17, 15) is 0 Å². The molecule has 0 rings (SSSR count). The molecular formula is H2N2O4. The molecule has 0 unspecified atom stereocenters. The van der Waals surface area contributed by atoms with Crippen molar-refractivity contribution in [2.75, 3.05) is 0 Å². The summed E-state index contributed by atoms with van der Waals surface area (Å²) >= 11 is 0. The lowest BCUT2D eigenvalue weighted by atomic mass is 13.4. The van der Waals surface area contributed by atoms with Crippen LogP contribution in [0.1, 0.15) is 0 Å². The van der Waals surface area contributed by atoms with Crippen LogP contribution in [-0.4, -0.2) is 0 Å². The Morgan fingerprint density at radius 2 is 1.00 bits per heavy atom. The van der Waals surface area contributed by atoms with Gasteiger partial charge in [-0.25, -0.2) is 0 Å². The second-order valence-corrected chi connectivity index (χ2v) is 0.167. The number of hydrogen-bond acceptors (Lipinski definition) is 4. The van der Waals surface area contributed by atoms with E-state index in [2.05, 4.69) is 0 Å². The molecule has 0 aromatic rings. The largest absolute Gasteiger partial charge is 0.267 e. The molecule has 6 nitrogen and oxygen atoms in total. The standard InChI is InChI=1S/2HNO2/c2*2-1-3/h2*1H. The van der Waals surface area contributed by atoms with Gasteiger partial charge < -0.3 is 0 Å². The van der Waals surface area contributed by atoms with Crippen LogP contribution in [0.2, 0.25) is 0 Å². The highest BCUT2D eigenvalue weighted by molar-refractivity contribution is 3.77. The molecule has 0 heterocycles. The van der Waals surface area contributed by atoms with E-state index in [-0.39, 0.29) is 10.7 Å². The predicted octanol–water partition coefficient (Wildman–Crippen LogP) is -3.34. The van der Waals surface area contributed by atoms with Crippen LogP contribution in [0.25, 0.3) is 0 Å². The molecule has 0 bridgehead atoms. The Balaban J connectivity index is 0. The lowest BCUT2D eigenvalue weighted by Gasteiger charge is -1.36. The van der Waals surface area contributed by atoms with Crippen molar-refractivity contribution in [3.63, 3.8) is 0 Å². The number of nitrogens with one attached hydrogen (secondary N) is 2. The zero-order valence-corrected chi connectivity index (χ0v) is 2.63. The average Bonchev–Trinajstić information content (AvgIpc) is 1.39. The molecule has 0 radical (unpaired) electrons. The molecule has 0 aliphatic carbocycles. The minimum atomic E-state index is 0.250. The summed E-state index contributed by atoms with van der Waals surface area (Å²) in [5.74, 6) is 0. The second kappa shape index (κ2) is 46.5. The van der Waals surface area contributed by atoms with Crippen molar-refractivity contribution in [3.8, 4) is 0 Å². The van der Waals surface area contributed by atoms with Gasteiger partial charge in [-0.3, -0.25) is 20.2 Å². The molecule has 0 aromatic heterocycles. The Hall–Kier alpha value is -1.20. The summed E-state index contributed by atoms with van der Waals surface area (Å²) in [5, 5.41) is 16.8. The maximum atomic E-state index is 8.12. The Kier molecular flexibility index (Phi) is 68.6. The zero-order chi connectivity index (χ0) is 5.41. The van der Waals surface area contributed by atoms with Crippen molar-refractivity contribution >= 4 is 0 Å². The lowest BCUT2D eigenvalue weighted by molar-refractivity contribution is -0.399. The Morgan fingerprint density at radius 1 is 1.00 bits per heavy atom. The summed E-state index contributed by atoms with van der Waals surface area (Å²) < 4.78 is 0. The summed E-state index contributed by atoms with van der Waals surface area (Å²) in [5.41, 5.74) is 0. The molecule has 0 saturated heterocycles. The highest BCUT2D eigenvalue weighted by Gasteiger charge is 1.10. The molecule has 0 amide bonds. The minimum absolute atomic E-state index is 0.250. The third kappa shape index (κ3) is 6.30. The summed E-state index contributed by atoms with van der Waals surface area (Å²) in [6.45, 7) is 0. The Labute approximate surface area is 32.3 Å². The molecular weight excluding hydrogens is 92.0 g/mol. The van der Waals surface area contributed by atoms with E-state index in [1.165, 1.54) is 0 Å². The fourth-order valence-electron chi connectivity index (χ4n) is 0. The van der Waals surface area contributed by atoms with Crippen LogP contribution in [0.3, 0.4) is 0 Å². The molecule has 0 atom stereocenters. The van der Waals surface area contributed by atoms with Crippen molar-refractivity contribution in [1.82, 2.24) is 0 Å². The smallest absolute Gasteiger partial charge is 0.00366 e. The molecule has 0 aliphatic rings. The summed E-state index contributed by atoms with van der Waals surface area (Å²) in [6.07, 6.45) is 0. The van der Waals surface area contributed by atoms with Crippen LogP contribution < -0.4 is 10.7 Å². The molecule has 0 fully saturated rings. The van der Waals surface area contributed by atoms with Gasteiger partial charge in [-0.1, -0.05) is 0 Å². The first-order valence-corrected chi connectivity index (χ1v) is 0.816. The third-order valence-electron chi connectivity index (χ3n) is 0. The monoisotopic (exact) mass is 94.0 g/mol. The molecule has 0 saturated carbocycles. The number of rotatable bonds is 0. The van der Waals surface area contributed by atoms with Crippen molar-refractivity contribution in [2.45, 2.75) is 0 Å². The summed E-state index contributed by atoms with van der Waals surface area (Å²) in [6, 6.07) is 0. The van der Waals surface area contributed by atoms with Crippen LogP contribution in [0.4, 0.5) is 0 Å². The van der Waals surface area contributed by atoms with E-state index in [0.29, 0.717) is 0 Å².